The van der Waals surface area contributed by atoms with Crippen molar-refractivity contribution < 1.29 is 4.39 Å². The molecule has 0 saturated carbocycles. The highest BCUT2D eigenvalue weighted by Gasteiger charge is 2.21. The molecule has 0 fully saturated rings. The number of benzene rings is 1. The van der Waals surface area contributed by atoms with Gasteiger partial charge in [0.15, 0.2) is 0 Å². The lowest BCUT2D eigenvalue weighted by Crippen LogP contribution is -2.22. The molecule has 19 heavy (non-hydrogen) atoms. The highest BCUT2D eigenvalue weighted by Crippen LogP contribution is 2.34. The molecule has 0 spiro atoms. The molecule has 0 aliphatic rings. The monoisotopic (exact) mass is 297 g/mol. The smallest absolute Gasteiger partial charge is 0.146 e. The van der Waals surface area contributed by atoms with Crippen molar-refractivity contribution in [3.63, 3.8) is 0 Å². The summed E-state index contributed by atoms with van der Waals surface area (Å²) < 4.78 is 14.2. The van der Waals surface area contributed by atoms with E-state index in [2.05, 4.69) is 25.2 Å². The minimum absolute atomic E-state index is 0.137. The van der Waals surface area contributed by atoms with Gasteiger partial charge in [0.1, 0.15) is 5.82 Å². The van der Waals surface area contributed by atoms with E-state index in [9.17, 15) is 4.39 Å². The Morgan fingerprint density at radius 3 is 2.68 bits per heavy atom. The maximum Gasteiger partial charge on any atom is 0.146 e. The van der Waals surface area contributed by atoms with Crippen LogP contribution in [-0.4, -0.2) is 6.54 Å². The zero-order valence-electron chi connectivity index (χ0n) is 11.3. The van der Waals surface area contributed by atoms with Crippen LogP contribution in [-0.2, 0) is 0 Å². The van der Waals surface area contributed by atoms with Crippen LogP contribution >= 0.6 is 22.9 Å². The maximum atomic E-state index is 14.2. The summed E-state index contributed by atoms with van der Waals surface area (Å²) >= 11 is 7.59. The third-order valence-electron chi connectivity index (χ3n) is 3.04. The summed E-state index contributed by atoms with van der Waals surface area (Å²) in [5.74, 6) is -0.333. The molecule has 1 N–H and O–H groups in total. The molecule has 0 saturated heterocycles. The minimum Gasteiger partial charge on any atom is -0.306 e. The first kappa shape index (κ1) is 14.5. The van der Waals surface area contributed by atoms with Crippen molar-refractivity contribution in [2.75, 3.05) is 6.54 Å². The van der Waals surface area contributed by atoms with E-state index < -0.39 is 0 Å². The predicted octanol–water partition coefficient (Wildman–Crippen LogP) is 4.86. The molecule has 1 nitrogen and oxygen atoms in total. The number of aryl methyl sites for hydroxylation is 2. The summed E-state index contributed by atoms with van der Waals surface area (Å²) in [6.07, 6.45) is 0. The van der Waals surface area contributed by atoms with E-state index in [1.807, 2.05) is 6.92 Å². The van der Waals surface area contributed by atoms with Crippen molar-refractivity contribution in [2.45, 2.75) is 26.8 Å². The van der Waals surface area contributed by atoms with Crippen LogP contribution in [0.25, 0.3) is 0 Å². The molecule has 1 heterocycles. The predicted molar refractivity (Wildman–Crippen MR) is 80.7 cm³/mol. The lowest BCUT2D eigenvalue weighted by Gasteiger charge is -2.19. The lowest BCUT2D eigenvalue weighted by atomic mass is 10.0. The second kappa shape index (κ2) is 6.04. The Kier molecular flexibility index (Phi) is 4.61. The minimum atomic E-state index is -0.333. The molecule has 0 amide bonds. The fraction of sp³-hybridized carbons (Fsp3) is 0.333. The number of rotatable bonds is 4. The third kappa shape index (κ3) is 2.99. The molecule has 4 heteroatoms. The fourth-order valence-corrected chi connectivity index (χ4v) is 3.55. The number of thiophene rings is 1. The van der Waals surface area contributed by atoms with Crippen molar-refractivity contribution in [2.24, 2.45) is 0 Å². The van der Waals surface area contributed by atoms with E-state index in [0.29, 0.717) is 5.56 Å². The quantitative estimate of drug-likeness (QED) is 0.850. The maximum absolute atomic E-state index is 14.2. The van der Waals surface area contributed by atoms with Gasteiger partial charge in [0.2, 0.25) is 0 Å². The molecule has 1 aromatic heterocycles. The van der Waals surface area contributed by atoms with E-state index in [-0.39, 0.29) is 16.9 Å². The molecule has 0 bridgehead atoms. The zero-order chi connectivity index (χ0) is 14.0. The average molecular weight is 298 g/mol. The van der Waals surface area contributed by atoms with Crippen molar-refractivity contribution in [3.05, 3.63) is 56.0 Å². The van der Waals surface area contributed by atoms with Crippen LogP contribution in [0.5, 0.6) is 0 Å². The largest absolute Gasteiger partial charge is 0.306 e. The molecule has 2 rings (SSSR count). The van der Waals surface area contributed by atoms with E-state index in [1.165, 1.54) is 10.4 Å². The third-order valence-corrected chi connectivity index (χ3v) is 4.55. The second-order valence-corrected chi connectivity index (χ2v) is 6.23. The standard InChI is InChI=1S/C15H17ClFNS/c1-4-18-14(15-9(2)8-10(3)19-15)11-6-5-7-12(16)13(11)17/h5-8,14,18H,4H2,1-3H3. The molecule has 1 atom stereocenters. The van der Waals surface area contributed by atoms with Gasteiger partial charge in [-0.1, -0.05) is 30.7 Å². The van der Waals surface area contributed by atoms with Crippen LogP contribution < -0.4 is 5.32 Å². The molecule has 0 aliphatic carbocycles. The highest BCUT2D eigenvalue weighted by atomic mass is 35.5. The Hall–Kier alpha value is -0.900. The van der Waals surface area contributed by atoms with Crippen molar-refractivity contribution in [3.8, 4) is 0 Å². The topological polar surface area (TPSA) is 12.0 Å². The summed E-state index contributed by atoms with van der Waals surface area (Å²) in [5, 5.41) is 3.52. The van der Waals surface area contributed by atoms with Crippen LogP contribution in [0.2, 0.25) is 5.02 Å². The summed E-state index contributed by atoms with van der Waals surface area (Å²) in [7, 11) is 0. The first-order chi connectivity index (χ1) is 9.04. The summed E-state index contributed by atoms with van der Waals surface area (Å²) in [4.78, 5) is 2.39. The molecule has 0 radical (unpaired) electrons. The Bertz CT molecular complexity index is 580. The van der Waals surface area contributed by atoms with Crippen molar-refractivity contribution >= 4 is 22.9 Å². The van der Waals surface area contributed by atoms with Crippen LogP contribution in [0.1, 0.15) is 33.8 Å². The van der Waals surface area contributed by atoms with Gasteiger partial charge in [0.05, 0.1) is 11.1 Å². The zero-order valence-corrected chi connectivity index (χ0v) is 12.8. The van der Waals surface area contributed by atoms with Gasteiger partial charge < -0.3 is 5.32 Å². The lowest BCUT2D eigenvalue weighted by molar-refractivity contribution is 0.562. The van der Waals surface area contributed by atoms with Gasteiger partial charge in [-0.15, -0.1) is 11.3 Å². The molecule has 102 valence electrons. The van der Waals surface area contributed by atoms with Gasteiger partial charge in [0, 0.05) is 15.3 Å². The van der Waals surface area contributed by atoms with Crippen molar-refractivity contribution in [1.29, 1.82) is 0 Å². The highest BCUT2D eigenvalue weighted by molar-refractivity contribution is 7.12. The Morgan fingerprint density at radius 2 is 2.11 bits per heavy atom. The first-order valence-electron chi connectivity index (χ1n) is 6.28. The second-order valence-electron chi connectivity index (χ2n) is 4.54. The number of hydrogen-bond acceptors (Lipinski definition) is 2. The molecule has 0 aliphatic heterocycles. The van der Waals surface area contributed by atoms with Gasteiger partial charge in [-0.05, 0) is 38.1 Å². The number of nitrogens with one attached hydrogen (secondary N) is 1. The van der Waals surface area contributed by atoms with Gasteiger partial charge in [-0.3, -0.25) is 0 Å². The van der Waals surface area contributed by atoms with E-state index in [0.717, 1.165) is 11.4 Å². The molecular formula is C15H17ClFNS. The van der Waals surface area contributed by atoms with Crippen LogP contribution in [0.4, 0.5) is 4.39 Å². The molecule has 2 aromatic rings. The summed E-state index contributed by atoms with van der Waals surface area (Å²) in [6, 6.07) is 7.16. The van der Waals surface area contributed by atoms with Crippen LogP contribution in [0.15, 0.2) is 24.3 Å². The van der Waals surface area contributed by atoms with Crippen LogP contribution in [0, 0.1) is 19.7 Å². The first-order valence-corrected chi connectivity index (χ1v) is 7.48. The summed E-state index contributed by atoms with van der Waals surface area (Å²) in [5.41, 5.74) is 1.80. The van der Waals surface area contributed by atoms with Gasteiger partial charge >= 0.3 is 0 Å². The Morgan fingerprint density at radius 1 is 1.37 bits per heavy atom. The SMILES string of the molecule is CCNC(c1cccc(Cl)c1F)c1sc(C)cc1C. The van der Waals surface area contributed by atoms with Crippen molar-refractivity contribution in [1.82, 2.24) is 5.32 Å². The van der Waals surface area contributed by atoms with Crippen LogP contribution in [0.3, 0.4) is 0 Å². The molecular weight excluding hydrogens is 281 g/mol. The Balaban J connectivity index is 2.51. The van der Waals surface area contributed by atoms with E-state index in [4.69, 9.17) is 11.6 Å². The van der Waals surface area contributed by atoms with Gasteiger partial charge in [-0.25, -0.2) is 4.39 Å². The molecule has 1 aromatic carbocycles. The normalized spacial score (nSPS) is 12.7. The van der Waals surface area contributed by atoms with E-state index >= 15 is 0 Å². The van der Waals surface area contributed by atoms with Gasteiger partial charge in [0.25, 0.3) is 0 Å². The van der Waals surface area contributed by atoms with E-state index in [1.54, 1.807) is 29.5 Å². The number of hydrogen-bond donors (Lipinski definition) is 1. The Labute approximate surface area is 122 Å². The summed E-state index contributed by atoms with van der Waals surface area (Å²) in [6.45, 7) is 6.92. The average Bonchev–Trinajstić information content (AvgIpc) is 2.69. The molecule has 1 unspecified atom stereocenters. The van der Waals surface area contributed by atoms with Gasteiger partial charge in [-0.2, -0.15) is 0 Å². The fourth-order valence-electron chi connectivity index (χ4n) is 2.24. The number of halogens is 2.